The molecule has 1 aromatic rings. The predicted molar refractivity (Wildman–Crippen MR) is 82.6 cm³/mol. The minimum atomic E-state index is 0.139. The molecule has 0 heterocycles. The average molecular weight is 277 g/mol. The van der Waals surface area contributed by atoms with Crippen LogP contribution in [0.25, 0.3) is 0 Å². The summed E-state index contributed by atoms with van der Waals surface area (Å²) in [5, 5.41) is 3.02. The number of hydrogen-bond donors (Lipinski definition) is 2. The summed E-state index contributed by atoms with van der Waals surface area (Å²) in [6, 6.07) is 10.8. The van der Waals surface area contributed by atoms with Crippen LogP contribution in [0.3, 0.4) is 0 Å². The van der Waals surface area contributed by atoms with Crippen LogP contribution in [0.15, 0.2) is 30.3 Å². The van der Waals surface area contributed by atoms with Gasteiger partial charge in [0.1, 0.15) is 0 Å². The maximum Gasteiger partial charge on any atom is 0.220 e. The molecule has 1 fully saturated rings. The first-order valence-corrected chi connectivity index (χ1v) is 7.85. The quantitative estimate of drug-likeness (QED) is 0.794. The van der Waals surface area contributed by atoms with E-state index in [0.717, 1.165) is 6.54 Å². The summed E-state index contributed by atoms with van der Waals surface area (Å²) in [5.41, 5.74) is 1.47. The summed E-state index contributed by atoms with van der Waals surface area (Å²) in [6.45, 7) is 0.841. The van der Waals surface area contributed by atoms with E-state index in [1.165, 1.54) is 31.2 Å². The number of nitrogens with one attached hydrogen (secondary N) is 1. The average Bonchev–Trinajstić information content (AvgIpc) is 2.47. The molecule has 0 aliphatic heterocycles. The Hall–Kier alpha value is -0.960. The van der Waals surface area contributed by atoms with Crippen molar-refractivity contribution in [3.8, 4) is 0 Å². The molecule has 0 saturated heterocycles. The van der Waals surface area contributed by atoms with E-state index in [2.05, 4.69) is 48.3 Å². The fraction of sp³-hybridized carbons (Fsp3) is 0.562. The minimum absolute atomic E-state index is 0.139. The van der Waals surface area contributed by atoms with Gasteiger partial charge in [-0.2, -0.15) is 12.6 Å². The molecule has 3 heteroatoms. The molecule has 19 heavy (non-hydrogen) atoms. The highest BCUT2D eigenvalue weighted by Crippen LogP contribution is 2.35. The first kappa shape index (κ1) is 14.4. The van der Waals surface area contributed by atoms with Gasteiger partial charge < -0.3 is 5.32 Å². The van der Waals surface area contributed by atoms with Gasteiger partial charge in [-0.05, 0) is 48.8 Å². The second-order valence-electron chi connectivity index (χ2n) is 5.41. The van der Waals surface area contributed by atoms with Gasteiger partial charge in [0.25, 0.3) is 0 Å². The number of rotatable bonds is 5. The number of amides is 1. The Balaban J connectivity index is 1.72. The second-order valence-corrected chi connectivity index (χ2v) is 5.85. The standard InChI is InChI=1S/C16H23NOS/c18-16(10-11-19)17-12-13-6-8-15(9-7-13)14-4-2-1-3-5-14/h1-5,13,15,19H,6-12H2,(H,17,18). The van der Waals surface area contributed by atoms with Gasteiger partial charge in [0.2, 0.25) is 5.91 Å². The van der Waals surface area contributed by atoms with E-state index in [9.17, 15) is 4.79 Å². The molecule has 0 atom stereocenters. The summed E-state index contributed by atoms with van der Waals surface area (Å²) < 4.78 is 0. The van der Waals surface area contributed by atoms with E-state index in [4.69, 9.17) is 0 Å². The van der Waals surface area contributed by atoms with Gasteiger partial charge in [0.05, 0.1) is 0 Å². The van der Waals surface area contributed by atoms with Crippen LogP contribution in [0, 0.1) is 5.92 Å². The largest absolute Gasteiger partial charge is 0.356 e. The molecular weight excluding hydrogens is 254 g/mol. The Morgan fingerprint density at radius 2 is 1.84 bits per heavy atom. The van der Waals surface area contributed by atoms with Gasteiger partial charge in [-0.3, -0.25) is 4.79 Å². The Labute approximate surface area is 121 Å². The van der Waals surface area contributed by atoms with E-state index in [-0.39, 0.29) is 5.91 Å². The normalized spacial score (nSPS) is 23.0. The van der Waals surface area contributed by atoms with E-state index in [0.29, 0.717) is 24.0 Å². The first-order valence-electron chi connectivity index (χ1n) is 7.22. The smallest absolute Gasteiger partial charge is 0.220 e. The first-order chi connectivity index (χ1) is 9.29. The summed E-state index contributed by atoms with van der Waals surface area (Å²) >= 11 is 4.07. The zero-order valence-electron chi connectivity index (χ0n) is 11.3. The summed E-state index contributed by atoms with van der Waals surface area (Å²) in [6.07, 6.45) is 5.47. The van der Waals surface area contributed by atoms with Crippen molar-refractivity contribution in [2.24, 2.45) is 5.92 Å². The number of hydrogen-bond acceptors (Lipinski definition) is 2. The monoisotopic (exact) mass is 277 g/mol. The number of benzene rings is 1. The number of carbonyl (C=O) groups excluding carboxylic acids is 1. The van der Waals surface area contributed by atoms with Gasteiger partial charge in [-0.15, -0.1) is 0 Å². The molecule has 0 radical (unpaired) electrons. The predicted octanol–water partition coefficient (Wildman–Crippen LogP) is 3.40. The Morgan fingerprint density at radius 3 is 2.47 bits per heavy atom. The highest BCUT2D eigenvalue weighted by atomic mass is 32.1. The van der Waals surface area contributed by atoms with E-state index >= 15 is 0 Å². The summed E-state index contributed by atoms with van der Waals surface area (Å²) in [7, 11) is 0. The summed E-state index contributed by atoms with van der Waals surface area (Å²) in [5.74, 6) is 2.14. The second kappa shape index (κ2) is 7.59. The van der Waals surface area contributed by atoms with Gasteiger partial charge in [0, 0.05) is 13.0 Å². The third-order valence-electron chi connectivity index (χ3n) is 4.04. The van der Waals surface area contributed by atoms with Crippen molar-refractivity contribution < 1.29 is 4.79 Å². The minimum Gasteiger partial charge on any atom is -0.356 e. The maximum absolute atomic E-state index is 11.4. The molecule has 1 N–H and O–H groups in total. The molecule has 0 aromatic heterocycles. The van der Waals surface area contributed by atoms with Crippen LogP contribution in [0.1, 0.15) is 43.6 Å². The molecule has 1 saturated carbocycles. The van der Waals surface area contributed by atoms with Crippen LogP contribution in [-0.4, -0.2) is 18.2 Å². The Bertz CT molecular complexity index is 385. The number of thiol groups is 1. The molecule has 1 aliphatic rings. The lowest BCUT2D eigenvalue weighted by molar-refractivity contribution is -0.120. The highest BCUT2D eigenvalue weighted by molar-refractivity contribution is 7.80. The van der Waals surface area contributed by atoms with Crippen LogP contribution in [0.2, 0.25) is 0 Å². The van der Waals surface area contributed by atoms with Gasteiger partial charge >= 0.3 is 0 Å². The van der Waals surface area contributed by atoms with Crippen molar-refractivity contribution in [3.63, 3.8) is 0 Å². The fourth-order valence-electron chi connectivity index (χ4n) is 2.87. The lowest BCUT2D eigenvalue weighted by Crippen LogP contribution is -2.31. The lowest BCUT2D eigenvalue weighted by Gasteiger charge is -2.28. The van der Waals surface area contributed by atoms with Crippen molar-refractivity contribution >= 4 is 18.5 Å². The van der Waals surface area contributed by atoms with Crippen LogP contribution in [0.5, 0.6) is 0 Å². The van der Waals surface area contributed by atoms with E-state index in [1.54, 1.807) is 0 Å². The molecular formula is C16H23NOS. The SMILES string of the molecule is O=C(CCS)NCC1CCC(c2ccccc2)CC1. The molecule has 1 aromatic carbocycles. The third kappa shape index (κ3) is 4.57. The molecule has 1 amide bonds. The molecule has 2 rings (SSSR count). The van der Waals surface area contributed by atoms with Crippen molar-refractivity contribution in [2.75, 3.05) is 12.3 Å². The van der Waals surface area contributed by atoms with Crippen LogP contribution >= 0.6 is 12.6 Å². The molecule has 0 bridgehead atoms. The van der Waals surface area contributed by atoms with Crippen molar-refractivity contribution in [2.45, 2.75) is 38.0 Å². The molecule has 0 unspecified atom stereocenters. The van der Waals surface area contributed by atoms with E-state index < -0.39 is 0 Å². The topological polar surface area (TPSA) is 29.1 Å². The van der Waals surface area contributed by atoms with Crippen LogP contribution in [0.4, 0.5) is 0 Å². The third-order valence-corrected chi connectivity index (χ3v) is 4.27. The van der Waals surface area contributed by atoms with Gasteiger partial charge in [0.15, 0.2) is 0 Å². The zero-order valence-corrected chi connectivity index (χ0v) is 12.2. The van der Waals surface area contributed by atoms with Crippen LogP contribution < -0.4 is 5.32 Å². The van der Waals surface area contributed by atoms with Gasteiger partial charge in [-0.1, -0.05) is 30.3 Å². The van der Waals surface area contributed by atoms with Crippen molar-refractivity contribution in [1.82, 2.24) is 5.32 Å². The van der Waals surface area contributed by atoms with Gasteiger partial charge in [-0.25, -0.2) is 0 Å². The Kier molecular flexibility index (Phi) is 5.77. The molecule has 1 aliphatic carbocycles. The maximum atomic E-state index is 11.4. The van der Waals surface area contributed by atoms with Crippen molar-refractivity contribution in [3.05, 3.63) is 35.9 Å². The fourth-order valence-corrected chi connectivity index (χ4v) is 3.08. The number of carbonyl (C=O) groups is 1. The molecule has 0 spiro atoms. The van der Waals surface area contributed by atoms with Crippen molar-refractivity contribution in [1.29, 1.82) is 0 Å². The lowest BCUT2D eigenvalue weighted by atomic mass is 9.79. The molecule has 2 nitrogen and oxygen atoms in total. The molecule has 104 valence electrons. The van der Waals surface area contributed by atoms with E-state index in [1.807, 2.05) is 0 Å². The summed E-state index contributed by atoms with van der Waals surface area (Å²) in [4.78, 5) is 11.4. The van der Waals surface area contributed by atoms with Crippen LogP contribution in [-0.2, 0) is 4.79 Å². The zero-order chi connectivity index (χ0) is 13.5. The Morgan fingerprint density at radius 1 is 1.16 bits per heavy atom. The highest BCUT2D eigenvalue weighted by Gasteiger charge is 2.22.